The molecule has 6 aromatic rings. The number of morpholine rings is 1. The number of aliphatic hydroxyl groups excluding tert-OH is 1. The van der Waals surface area contributed by atoms with E-state index in [0.717, 1.165) is 115 Å². The number of aromatic nitrogens is 1. The number of hydrogen-bond acceptors (Lipinski definition) is 19. The van der Waals surface area contributed by atoms with E-state index in [1.54, 1.807) is 23.5 Å². The number of ether oxygens (including phenoxy) is 1. The Morgan fingerprint density at radius 2 is 1.47 bits per heavy atom. The van der Waals surface area contributed by atoms with Crippen molar-refractivity contribution in [3.8, 4) is 10.4 Å². The van der Waals surface area contributed by atoms with Gasteiger partial charge in [0.1, 0.15) is 17.0 Å². The minimum atomic E-state index is -6.11. The van der Waals surface area contributed by atoms with Crippen LogP contribution in [-0.4, -0.2) is 221 Å². The molecule has 4 fully saturated rings. The Morgan fingerprint density at radius 1 is 0.786 bits per heavy atom. The van der Waals surface area contributed by atoms with Crippen molar-refractivity contribution in [3.63, 3.8) is 0 Å². The molecule has 11 rings (SSSR count). The molecule has 4 saturated heterocycles. The van der Waals surface area contributed by atoms with Gasteiger partial charge in [-0.3, -0.25) is 33.8 Å². The van der Waals surface area contributed by atoms with Gasteiger partial charge in [0.15, 0.2) is 0 Å². The Balaban J connectivity index is 0.635. The minimum Gasteiger partial charge on any atom is -0.391 e. The summed E-state index contributed by atoms with van der Waals surface area (Å²) in [5.41, 5.74) is 2.31. The summed E-state index contributed by atoms with van der Waals surface area (Å²) in [6.07, 6.45) is 5.49. The third kappa shape index (κ3) is 22.6. The molecular formula is C82H105ClF3N11O11S4. The number of alkyl halides is 3. The van der Waals surface area contributed by atoms with Crippen LogP contribution in [0.2, 0.25) is 5.02 Å². The number of allylic oxidation sites excluding steroid dienone is 1. The van der Waals surface area contributed by atoms with Crippen molar-refractivity contribution in [2.45, 2.75) is 163 Å². The molecule has 1 aliphatic carbocycles. The lowest BCUT2D eigenvalue weighted by molar-refractivity contribution is -0.144. The first kappa shape index (κ1) is 85.4. The Labute approximate surface area is 670 Å². The topological polar surface area (TPSA) is 264 Å². The highest BCUT2D eigenvalue weighted by Crippen LogP contribution is 2.45. The van der Waals surface area contributed by atoms with Crippen molar-refractivity contribution in [1.82, 2.24) is 44.8 Å². The first-order chi connectivity index (χ1) is 53.3. The van der Waals surface area contributed by atoms with E-state index in [1.165, 1.54) is 39.9 Å². The monoisotopic (exact) mass is 1640 g/mol. The van der Waals surface area contributed by atoms with Gasteiger partial charge in [-0.25, -0.2) is 26.5 Å². The summed E-state index contributed by atoms with van der Waals surface area (Å²) >= 11 is 9.41. The number of halogens is 4. The van der Waals surface area contributed by atoms with E-state index in [-0.39, 0.29) is 54.1 Å². The van der Waals surface area contributed by atoms with Crippen LogP contribution in [0.15, 0.2) is 147 Å². The molecule has 5 amide bonds. The minimum absolute atomic E-state index is 0.0296. The van der Waals surface area contributed by atoms with Crippen LogP contribution in [0.1, 0.15) is 138 Å². The average molecular weight is 1640 g/mol. The molecule has 0 saturated carbocycles. The van der Waals surface area contributed by atoms with Crippen molar-refractivity contribution in [2.24, 2.45) is 10.8 Å². The first-order valence-electron chi connectivity index (χ1n) is 38.7. The van der Waals surface area contributed by atoms with Crippen LogP contribution in [0.3, 0.4) is 0 Å². The second kappa shape index (κ2) is 37.9. The number of amides is 5. The molecule has 1 aromatic heterocycles. The van der Waals surface area contributed by atoms with Gasteiger partial charge in [0.25, 0.3) is 25.8 Å². The SMILES string of the molecule is Cc1ncsc1-c1ccc([C@H](C)NC(=O)[C@@H]2C[C@@H](O)CN2C(=O)[C@@H](NC(=O)CCCCCC(=O)N2CCCN(CC3(C)CCC(c4ccc(Cl)cc4)=C(CN4CCN(c5ccc(C(=O)NS(=O)(=O)c6ccc(N[C@H](CCN7CCOCC7)CSc7ccccc7)c(S(=O)(=O)C(F)(F)F)c6)cc5)CC4)C3)CC2)C(C)(C)C)cc1. The van der Waals surface area contributed by atoms with Gasteiger partial charge in [-0.2, -0.15) is 13.2 Å². The van der Waals surface area contributed by atoms with Gasteiger partial charge in [0.2, 0.25) is 23.6 Å². The van der Waals surface area contributed by atoms with Gasteiger partial charge in [0.05, 0.1) is 52.0 Å². The molecule has 606 valence electrons. The number of aliphatic hydroxyl groups is 1. The van der Waals surface area contributed by atoms with Crippen LogP contribution in [0.25, 0.3) is 16.0 Å². The predicted octanol–water partition coefficient (Wildman–Crippen LogP) is 12.1. The molecule has 4 aliphatic heterocycles. The lowest BCUT2D eigenvalue weighted by Gasteiger charge is -2.42. The second-order valence-electron chi connectivity index (χ2n) is 31.6. The molecule has 0 radical (unpaired) electrons. The van der Waals surface area contributed by atoms with Crippen molar-refractivity contribution >= 4 is 101 Å². The number of sulfonamides is 1. The van der Waals surface area contributed by atoms with Crippen molar-refractivity contribution in [3.05, 3.63) is 160 Å². The van der Waals surface area contributed by atoms with Crippen LogP contribution in [0.4, 0.5) is 24.5 Å². The highest BCUT2D eigenvalue weighted by atomic mass is 35.5. The zero-order valence-electron chi connectivity index (χ0n) is 64.6. The van der Waals surface area contributed by atoms with Gasteiger partial charge in [-0.1, -0.05) is 106 Å². The smallest absolute Gasteiger partial charge is 0.391 e. The number of hydrogen-bond donors (Lipinski definition) is 5. The molecule has 22 nitrogen and oxygen atoms in total. The number of anilines is 2. The van der Waals surface area contributed by atoms with E-state index in [9.17, 15) is 59.1 Å². The van der Waals surface area contributed by atoms with Gasteiger partial charge >= 0.3 is 5.51 Å². The highest BCUT2D eigenvalue weighted by molar-refractivity contribution is 7.99. The number of thiazole rings is 1. The Morgan fingerprint density at radius 3 is 2.15 bits per heavy atom. The maximum atomic E-state index is 14.4. The van der Waals surface area contributed by atoms with Crippen LogP contribution in [0.5, 0.6) is 0 Å². The van der Waals surface area contributed by atoms with Gasteiger partial charge in [0, 0.05) is 137 Å². The average Bonchev–Trinajstić information content (AvgIpc) is 0.937. The number of carbonyl (C=O) groups is 5. The van der Waals surface area contributed by atoms with Crippen molar-refractivity contribution in [2.75, 3.05) is 121 Å². The molecule has 5 N–H and O–H groups in total. The summed E-state index contributed by atoms with van der Waals surface area (Å²) in [7, 11) is -11.0. The number of β-amino-alcohol motifs (C(OH)–C–C–N with tert-alkyl or cyclic N) is 1. The number of piperazine rings is 1. The standard InChI is InChI=1S/C82H105ClF3N11O11S4/c1-56(58-18-20-60(21-19-58)75-57(2)87-55-110-75)88-78(102)71-48-66(98)52-97(71)79(103)76(80(3,4)5)90-73(99)16-11-8-12-17-74(100)96-36-13-35-94(40-43-96)54-81(6)34-32-69(59-22-26-63(83)27-23-59)62(50-81)51-93-38-41-95(42-39-93)65-28-24-61(25-29-65)77(101)91-112(106,107)68-30-31-70(72(49-68)111(104,105)82(84,85)86)89-64(33-37-92-44-46-108-47-45-92)53-109-67-14-9-7-10-15-67/h7,9-10,14-15,18-31,49,55-56,64,66,71,76,89,98H,8,11-13,16-17,32-48,50-54H2,1-6H3,(H,88,102)(H,90,99)(H,91,101)/t56-,64+,66+,71-,76+,81?/m0/s1. The number of rotatable bonds is 30. The summed E-state index contributed by atoms with van der Waals surface area (Å²) < 4.78 is 105. The Kier molecular flexibility index (Phi) is 28.9. The molecule has 6 atom stereocenters. The quantitative estimate of drug-likeness (QED) is 0.0207. The predicted molar refractivity (Wildman–Crippen MR) is 433 cm³/mol. The molecule has 0 spiro atoms. The Hall–Kier alpha value is -7.45. The number of unbranched alkanes of at least 4 members (excludes halogenated alkanes) is 2. The number of thioether (sulfide) groups is 1. The molecular weight excluding hydrogens is 1540 g/mol. The number of sulfone groups is 1. The molecule has 112 heavy (non-hydrogen) atoms. The third-order valence-electron chi connectivity index (χ3n) is 22.0. The number of likely N-dealkylation sites (tertiary alicyclic amines) is 1. The summed E-state index contributed by atoms with van der Waals surface area (Å²) in [4.78, 5) is 86.1. The molecule has 30 heteroatoms. The molecule has 5 aromatic carbocycles. The normalized spacial score (nSPS) is 20.2. The van der Waals surface area contributed by atoms with E-state index in [0.29, 0.717) is 108 Å². The number of carbonyl (C=O) groups excluding carboxylic acids is 5. The Bertz CT molecular complexity index is 4510. The zero-order valence-corrected chi connectivity index (χ0v) is 68.6. The first-order valence-corrected chi connectivity index (χ1v) is 43.9. The molecule has 0 bridgehead atoms. The number of nitrogens with zero attached hydrogens (tertiary/aromatic N) is 7. The van der Waals surface area contributed by atoms with Crippen LogP contribution in [0, 0.1) is 17.8 Å². The lowest BCUT2D eigenvalue weighted by Crippen LogP contribution is -2.57. The number of benzene rings is 5. The summed E-state index contributed by atoms with van der Waals surface area (Å²) in [5.74, 6) is -1.72. The van der Waals surface area contributed by atoms with Crippen LogP contribution < -0.4 is 25.6 Å². The second-order valence-corrected chi connectivity index (χ2v) is 37.6. The lowest BCUT2D eigenvalue weighted by atomic mass is 9.71. The summed E-state index contributed by atoms with van der Waals surface area (Å²) in [6.45, 7) is 22.0. The van der Waals surface area contributed by atoms with E-state index in [2.05, 4.69) is 59.6 Å². The zero-order chi connectivity index (χ0) is 80.1. The maximum Gasteiger partial charge on any atom is 0.501 e. The maximum absolute atomic E-state index is 14.4. The fraction of sp³-hybridized carbons (Fsp3) is 0.512. The van der Waals surface area contributed by atoms with Gasteiger partial charge in [-0.05, 0) is 165 Å². The summed E-state index contributed by atoms with van der Waals surface area (Å²) in [5, 5.41) is 20.5. The van der Waals surface area contributed by atoms with E-state index < -0.39 is 82.3 Å². The van der Waals surface area contributed by atoms with Crippen LogP contribution >= 0.6 is 34.7 Å². The van der Waals surface area contributed by atoms with Crippen molar-refractivity contribution < 1.29 is 63.8 Å². The highest BCUT2D eigenvalue weighted by Gasteiger charge is 2.49. The summed E-state index contributed by atoms with van der Waals surface area (Å²) in [6, 6.07) is 31.3. The molecule has 5 heterocycles. The van der Waals surface area contributed by atoms with E-state index in [4.69, 9.17) is 16.3 Å². The fourth-order valence-corrected chi connectivity index (χ4v) is 19.5. The van der Waals surface area contributed by atoms with E-state index >= 15 is 0 Å². The van der Waals surface area contributed by atoms with Gasteiger partial charge in [-0.15, -0.1) is 23.1 Å². The van der Waals surface area contributed by atoms with E-state index in [1.807, 2.05) is 116 Å². The van der Waals surface area contributed by atoms with Crippen molar-refractivity contribution in [1.29, 1.82) is 0 Å². The molecule has 1 unspecified atom stereocenters. The van der Waals surface area contributed by atoms with Gasteiger partial charge < -0.3 is 45.4 Å². The molecule has 5 aliphatic rings. The van der Waals surface area contributed by atoms with Crippen LogP contribution in [-0.2, 0) is 43.8 Å². The third-order valence-corrected chi connectivity index (χ3v) is 27.2. The fourth-order valence-electron chi connectivity index (χ4n) is 15.6. The number of nitrogens with one attached hydrogen (secondary N) is 4. The largest absolute Gasteiger partial charge is 0.501 e. The number of aryl methyl sites for hydroxylation is 1.